The van der Waals surface area contributed by atoms with Crippen LogP contribution in [0.2, 0.25) is 5.02 Å². The number of H-pyrrole nitrogens is 1. The number of nitrogens with one attached hydrogen (secondary N) is 3. The summed E-state index contributed by atoms with van der Waals surface area (Å²) in [6, 6.07) is 8.67. The lowest BCUT2D eigenvalue weighted by molar-refractivity contribution is -0.198. The van der Waals surface area contributed by atoms with Crippen molar-refractivity contribution in [3.8, 4) is 0 Å². The zero-order valence-corrected chi connectivity index (χ0v) is 20.0. The molecule has 4 aromatic rings. The Morgan fingerprint density at radius 1 is 1.18 bits per heavy atom. The average Bonchev–Trinajstić information content (AvgIpc) is 2.78. The lowest BCUT2D eigenvalue weighted by atomic mass is 10.1. The Balaban J connectivity index is 1.82. The molecule has 0 saturated heterocycles. The second kappa shape index (κ2) is 9.55. The Morgan fingerprint density at radius 3 is 2.65 bits per heavy atom. The molecule has 2 aromatic heterocycles. The molecule has 0 aliphatic heterocycles. The van der Waals surface area contributed by atoms with E-state index in [2.05, 4.69) is 43.2 Å². The Bertz CT molecular complexity index is 1440. The quantitative estimate of drug-likeness (QED) is 0.0953. The second-order valence-electron chi connectivity index (χ2n) is 7.41. The molecule has 0 radical (unpaired) electrons. The molecule has 0 aliphatic rings. The van der Waals surface area contributed by atoms with Crippen LogP contribution in [0.15, 0.2) is 47.4 Å². The fourth-order valence-corrected chi connectivity index (χ4v) is 4.36. The molecule has 0 spiro atoms. The van der Waals surface area contributed by atoms with E-state index in [1.165, 1.54) is 30.5 Å². The van der Waals surface area contributed by atoms with Gasteiger partial charge in [0.2, 0.25) is 0 Å². The number of aliphatic hydroxyl groups is 1. The van der Waals surface area contributed by atoms with E-state index < -0.39 is 30.2 Å². The van der Waals surface area contributed by atoms with Crippen molar-refractivity contribution < 1.29 is 22.7 Å². The Labute approximate surface area is 208 Å². The van der Waals surface area contributed by atoms with Crippen molar-refractivity contribution in [2.45, 2.75) is 16.7 Å². The summed E-state index contributed by atoms with van der Waals surface area (Å²) in [5.41, 5.74) is 1.29. The minimum Gasteiger partial charge on any atom is -0.382 e. The number of hydrogen-bond acceptors (Lipinski definition) is 5. The van der Waals surface area contributed by atoms with E-state index in [1.54, 1.807) is 12.1 Å². The van der Waals surface area contributed by atoms with Gasteiger partial charge in [-0.1, -0.05) is 34.2 Å². The highest BCUT2D eigenvalue weighted by molar-refractivity contribution is 14.1. The van der Waals surface area contributed by atoms with E-state index >= 15 is 0 Å². The molecular weight excluding hydrogens is 591 g/mol. The molecule has 2 aromatic carbocycles. The molecule has 0 saturated carbocycles. The van der Waals surface area contributed by atoms with Crippen molar-refractivity contribution in [1.82, 2.24) is 9.97 Å². The third-order valence-electron chi connectivity index (χ3n) is 5.12. The van der Waals surface area contributed by atoms with Crippen LogP contribution in [0.3, 0.4) is 0 Å². The molecule has 0 fully saturated rings. The summed E-state index contributed by atoms with van der Waals surface area (Å²) in [4.78, 5) is 19.9. The van der Waals surface area contributed by atoms with Gasteiger partial charge < -0.3 is 20.7 Å². The molecule has 0 bridgehead atoms. The Kier molecular flexibility index (Phi) is 6.87. The molecular formula is C22H16ClF4IN4O2. The van der Waals surface area contributed by atoms with Crippen LogP contribution in [0.5, 0.6) is 0 Å². The summed E-state index contributed by atoms with van der Waals surface area (Å²) in [6.45, 7) is -0.751. The highest BCUT2D eigenvalue weighted by atomic mass is 127. The molecule has 4 N–H and O–H groups in total. The Hall–Kier alpha value is -2.64. The molecule has 34 heavy (non-hydrogen) atoms. The van der Waals surface area contributed by atoms with Crippen LogP contribution in [0.25, 0.3) is 21.7 Å². The lowest BCUT2D eigenvalue weighted by Crippen LogP contribution is -2.34. The van der Waals surface area contributed by atoms with Crippen molar-refractivity contribution in [2.75, 3.05) is 17.2 Å². The summed E-state index contributed by atoms with van der Waals surface area (Å²) in [5, 5.41) is 16.1. The minimum absolute atomic E-state index is 0.148. The first-order chi connectivity index (χ1) is 16.1. The second-order valence-corrected chi connectivity index (χ2v) is 8.58. The highest BCUT2D eigenvalue weighted by Gasteiger charge is 2.37. The number of alkyl halides is 4. The highest BCUT2D eigenvalue weighted by Crippen LogP contribution is 2.35. The van der Waals surface area contributed by atoms with Crippen LogP contribution in [-0.4, -0.2) is 33.9 Å². The predicted octanol–water partition coefficient (Wildman–Crippen LogP) is 5.88. The van der Waals surface area contributed by atoms with Crippen LogP contribution in [0.1, 0.15) is 5.56 Å². The molecule has 1 unspecified atom stereocenters. The average molecular weight is 607 g/mol. The zero-order valence-electron chi connectivity index (χ0n) is 17.1. The van der Waals surface area contributed by atoms with Gasteiger partial charge in [0, 0.05) is 33.6 Å². The van der Waals surface area contributed by atoms with Crippen molar-refractivity contribution in [3.05, 3.63) is 69.4 Å². The molecule has 6 nitrogen and oxygen atoms in total. The van der Waals surface area contributed by atoms with Gasteiger partial charge in [0.1, 0.15) is 11.6 Å². The van der Waals surface area contributed by atoms with E-state index in [-0.39, 0.29) is 16.1 Å². The van der Waals surface area contributed by atoms with Crippen LogP contribution in [0.4, 0.5) is 34.8 Å². The van der Waals surface area contributed by atoms with Gasteiger partial charge in [-0.3, -0.25) is 4.79 Å². The fourth-order valence-electron chi connectivity index (χ4n) is 3.48. The number of rotatable bonds is 6. The molecule has 12 heteroatoms. The topological polar surface area (TPSA) is 90.0 Å². The maximum Gasteiger partial charge on any atom is 0.416 e. The Morgan fingerprint density at radius 2 is 1.94 bits per heavy atom. The first-order valence-corrected chi connectivity index (χ1v) is 11.7. The number of hydrogen-bond donors (Lipinski definition) is 4. The normalized spacial score (nSPS) is 12.8. The van der Waals surface area contributed by atoms with Gasteiger partial charge in [0.05, 0.1) is 21.6 Å². The molecule has 0 aliphatic carbocycles. The minimum atomic E-state index is -4.76. The number of aromatic amines is 1. The van der Waals surface area contributed by atoms with Gasteiger partial charge in [-0.2, -0.15) is 13.2 Å². The van der Waals surface area contributed by atoms with Crippen LogP contribution < -0.4 is 16.2 Å². The van der Waals surface area contributed by atoms with Crippen molar-refractivity contribution in [3.63, 3.8) is 0 Å². The monoisotopic (exact) mass is 606 g/mol. The van der Waals surface area contributed by atoms with Gasteiger partial charge in [-0.15, -0.1) is 0 Å². The lowest BCUT2D eigenvalue weighted by Gasteiger charge is -2.17. The van der Waals surface area contributed by atoms with Gasteiger partial charge in [0.25, 0.3) is 5.56 Å². The van der Waals surface area contributed by atoms with Gasteiger partial charge >= 0.3 is 6.18 Å². The van der Waals surface area contributed by atoms with Crippen LogP contribution >= 0.6 is 34.2 Å². The summed E-state index contributed by atoms with van der Waals surface area (Å²) in [7, 11) is 0. The molecule has 2 heterocycles. The number of aliphatic hydroxyl groups excluding tert-OH is 1. The first-order valence-electron chi connectivity index (χ1n) is 9.83. The van der Waals surface area contributed by atoms with Gasteiger partial charge in [0.15, 0.2) is 6.10 Å². The summed E-state index contributed by atoms with van der Waals surface area (Å²) in [6.07, 6.45) is -5.86. The number of aromatic nitrogens is 2. The fraction of sp³-hybridized carbons (Fsp3) is 0.182. The number of nitrogens with zero attached hydrogens (tertiary/aromatic N) is 1. The van der Waals surface area contributed by atoms with Crippen LogP contribution in [-0.2, 0) is 4.43 Å². The van der Waals surface area contributed by atoms with Crippen molar-refractivity contribution in [1.29, 1.82) is 0 Å². The number of fused-ring (bicyclic) bond motifs is 3. The van der Waals surface area contributed by atoms with E-state index in [0.717, 1.165) is 0 Å². The third-order valence-corrected chi connectivity index (χ3v) is 6.24. The predicted molar refractivity (Wildman–Crippen MR) is 133 cm³/mol. The summed E-state index contributed by atoms with van der Waals surface area (Å²) in [5.74, 6) is -0.174. The summed E-state index contributed by atoms with van der Waals surface area (Å²) < 4.78 is 52.1. The number of pyridine rings is 2. The molecule has 1 atom stereocenters. The van der Waals surface area contributed by atoms with Crippen molar-refractivity contribution >= 4 is 73.1 Å². The molecule has 0 amide bonds. The number of anilines is 3. The smallest absolute Gasteiger partial charge is 0.382 e. The van der Waals surface area contributed by atoms with Crippen molar-refractivity contribution in [2.24, 2.45) is 0 Å². The zero-order chi connectivity index (χ0) is 24.6. The standard InChI is InChI=1S/C22H16ClF4IN4O2/c23-15-6-11(24)5-10(8-28)19(15)32-20-13-3-4-29-21(34)18(13)14-7-12(1-2-16(14)31-20)30-9-17(33)22(25,26)27/h1-7,17,30,33H,8-9H2,(H,29,34)(H,31,32). The first kappa shape index (κ1) is 24.5. The number of benzene rings is 2. The van der Waals surface area contributed by atoms with Gasteiger partial charge in [-0.25, -0.2) is 9.37 Å². The SMILES string of the molecule is O=c1[nH]ccc2c(Nc3c(Cl)cc(F)cc3CI)nc3ccc(NCC(O)C(F)(F)F)cc3c12. The molecule has 178 valence electrons. The number of halogens is 6. The van der Waals surface area contributed by atoms with E-state index in [0.29, 0.717) is 37.8 Å². The summed E-state index contributed by atoms with van der Waals surface area (Å²) >= 11 is 8.34. The largest absolute Gasteiger partial charge is 0.416 e. The molecule has 4 rings (SSSR count). The van der Waals surface area contributed by atoms with Crippen LogP contribution in [0, 0.1) is 5.82 Å². The maximum absolute atomic E-state index is 13.8. The van der Waals surface area contributed by atoms with E-state index in [1.807, 2.05) is 0 Å². The van der Waals surface area contributed by atoms with E-state index in [4.69, 9.17) is 11.6 Å². The van der Waals surface area contributed by atoms with E-state index in [9.17, 15) is 27.5 Å². The third kappa shape index (κ3) is 4.91. The maximum atomic E-state index is 13.8. The van der Waals surface area contributed by atoms with Gasteiger partial charge in [-0.05, 0) is 42.0 Å².